The predicted molar refractivity (Wildman–Crippen MR) is 186 cm³/mol. The molecule has 47 heavy (non-hydrogen) atoms. The van der Waals surface area contributed by atoms with Gasteiger partial charge in [0, 0.05) is 17.2 Å². The van der Waals surface area contributed by atoms with Gasteiger partial charge in [-0.1, -0.05) is 51.1 Å². The third kappa shape index (κ3) is 7.17. The van der Waals surface area contributed by atoms with Gasteiger partial charge in [0.05, 0.1) is 24.0 Å². The Balaban J connectivity index is 1.20. The van der Waals surface area contributed by atoms with Crippen LogP contribution >= 0.6 is 0 Å². The topological polar surface area (TPSA) is 122 Å². The highest BCUT2D eigenvalue weighted by Crippen LogP contribution is 2.39. The van der Waals surface area contributed by atoms with E-state index in [0.29, 0.717) is 18.0 Å². The molecule has 4 aromatic rings. The van der Waals surface area contributed by atoms with E-state index in [1.165, 1.54) is 5.56 Å². The number of ether oxygens (including phenoxy) is 1. The van der Waals surface area contributed by atoms with Crippen molar-refractivity contribution in [2.24, 2.45) is 16.1 Å². The monoisotopic (exact) mass is 634 g/mol. The summed E-state index contributed by atoms with van der Waals surface area (Å²) in [6, 6.07) is 17.8. The van der Waals surface area contributed by atoms with Crippen molar-refractivity contribution in [1.29, 1.82) is 0 Å². The number of fused-ring (bicyclic) bond motifs is 2. The largest absolute Gasteiger partial charge is 0.484 e. The number of allylic oxidation sites excluding steroid dienone is 1. The van der Waals surface area contributed by atoms with Crippen LogP contribution < -0.4 is 21.1 Å². The molecule has 3 heterocycles. The van der Waals surface area contributed by atoms with Gasteiger partial charge in [-0.25, -0.2) is 9.79 Å². The van der Waals surface area contributed by atoms with E-state index in [2.05, 4.69) is 56.2 Å². The van der Waals surface area contributed by atoms with Crippen molar-refractivity contribution in [3.8, 4) is 5.75 Å². The lowest BCUT2D eigenvalue weighted by atomic mass is 9.85. The maximum atomic E-state index is 13.5. The molecular formula is C37H46N8O2. The first-order valence-electron chi connectivity index (χ1n) is 16.5. The molecule has 2 aromatic carbocycles. The minimum Gasteiger partial charge on any atom is -0.484 e. The Morgan fingerprint density at radius 2 is 1.81 bits per heavy atom. The molecule has 3 atom stereocenters. The summed E-state index contributed by atoms with van der Waals surface area (Å²) < 4.78 is 8.68. The lowest BCUT2D eigenvalue weighted by Gasteiger charge is -2.32. The van der Waals surface area contributed by atoms with Crippen molar-refractivity contribution in [1.82, 2.24) is 30.1 Å². The molecule has 10 nitrogen and oxygen atoms in total. The molecule has 10 heteroatoms. The lowest BCUT2D eigenvalue weighted by molar-refractivity contribution is 0.171. The van der Waals surface area contributed by atoms with Crippen LogP contribution in [0.1, 0.15) is 92.7 Å². The number of aliphatic imine (C=N–C) groups is 1. The van der Waals surface area contributed by atoms with Crippen molar-refractivity contribution < 1.29 is 9.53 Å². The zero-order chi connectivity index (χ0) is 33.3. The molecule has 2 aromatic heterocycles. The van der Waals surface area contributed by atoms with E-state index in [4.69, 9.17) is 15.5 Å². The average molecular weight is 635 g/mol. The second-order valence-corrected chi connectivity index (χ2v) is 13.9. The minimum absolute atomic E-state index is 0.157. The number of urea groups is 1. The second-order valence-electron chi connectivity index (χ2n) is 13.9. The van der Waals surface area contributed by atoms with Crippen LogP contribution in [-0.2, 0) is 0 Å². The third-order valence-corrected chi connectivity index (χ3v) is 9.38. The standard InChI is InChI=1S/C37H46N8O2/c1-23-13-14-25(20-24(23)2)39-33(21-32(38)37(3,4)5)41-36(46)40-29-16-17-31(28-11-8-7-10-27(28)29)47-26-15-18-34-42-43-35(45(34)22-26)30-12-9-19-44(30)6/h7-8,10-11,13-15,18,20-22,29-31H,9,12,16-17,19,38H2,1-6H3,(H2,39,40,41,46)/t29-,30-,31+/m0/s1. The molecule has 0 saturated carbocycles. The third-order valence-electron chi connectivity index (χ3n) is 9.38. The fourth-order valence-electron chi connectivity index (χ4n) is 6.31. The van der Waals surface area contributed by atoms with Crippen molar-refractivity contribution in [3.05, 3.63) is 101 Å². The number of amides is 2. The van der Waals surface area contributed by atoms with Crippen LogP contribution in [0.4, 0.5) is 10.5 Å². The number of pyridine rings is 1. The van der Waals surface area contributed by atoms with Crippen molar-refractivity contribution >= 4 is 23.2 Å². The van der Waals surface area contributed by atoms with Crippen molar-refractivity contribution in [3.63, 3.8) is 0 Å². The number of likely N-dealkylation sites (tertiary alicyclic amines) is 1. The fourth-order valence-corrected chi connectivity index (χ4v) is 6.31. The molecule has 1 aliphatic heterocycles. The number of nitrogens with one attached hydrogen (secondary N) is 2. The highest BCUT2D eigenvalue weighted by Gasteiger charge is 2.31. The Bertz CT molecular complexity index is 1840. The first-order valence-corrected chi connectivity index (χ1v) is 16.5. The van der Waals surface area contributed by atoms with E-state index >= 15 is 0 Å². The summed E-state index contributed by atoms with van der Waals surface area (Å²) in [6.45, 7) is 11.3. The van der Waals surface area contributed by atoms with Gasteiger partial charge in [-0.15, -0.1) is 10.2 Å². The van der Waals surface area contributed by atoms with Gasteiger partial charge in [0.2, 0.25) is 0 Å². The molecule has 1 aliphatic carbocycles. The van der Waals surface area contributed by atoms with Crippen LogP contribution in [0.25, 0.3) is 5.65 Å². The van der Waals surface area contributed by atoms with Crippen LogP contribution in [0.15, 0.2) is 77.6 Å². The number of carbonyl (C=O) groups excluding carboxylic acids is 1. The van der Waals surface area contributed by atoms with Crippen LogP contribution in [0.2, 0.25) is 0 Å². The van der Waals surface area contributed by atoms with E-state index in [1.807, 2.05) is 76.4 Å². The van der Waals surface area contributed by atoms with E-state index in [-0.39, 0.29) is 29.6 Å². The van der Waals surface area contributed by atoms with Gasteiger partial charge in [-0.3, -0.25) is 14.6 Å². The van der Waals surface area contributed by atoms with Gasteiger partial charge < -0.3 is 15.8 Å². The molecule has 1 fully saturated rings. The molecule has 246 valence electrons. The summed E-state index contributed by atoms with van der Waals surface area (Å²) >= 11 is 0. The summed E-state index contributed by atoms with van der Waals surface area (Å²) in [5.74, 6) is 2.10. The minimum atomic E-state index is -0.341. The van der Waals surface area contributed by atoms with Crippen LogP contribution in [0.3, 0.4) is 0 Å². The normalized spacial score (nSPS) is 20.7. The highest BCUT2D eigenvalue weighted by molar-refractivity contribution is 6.05. The van der Waals surface area contributed by atoms with E-state index in [9.17, 15) is 4.79 Å². The van der Waals surface area contributed by atoms with Crippen LogP contribution in [0.5, 0.6) is 5.75 Å². The number of benzene rings is 2. The Hall–Kier alpha value is -4.70. The molecular weight excluding hydrogens is 588 g/mol. The summed E-state index contributed by atoms with van der Waals surface area (Å²) in [5, 5.41) is 15.1. The first kappa shape index (κ1) is 32.2. The van der Waals surface area contributed by atoms with Gasteiger partial charge in [0.15, 0.2) is 11.5 Å². The lowest BCUT2D eigenvalue weighted by Crippen LogP contribution is -2.42. The second kappa shape index (κ2) is 13.2. The SMILES string of the molecule is Cc1ccc(N=C(C=C(N)C(C)(C)C)NC(=O)N[C@H]2CC[C@@H](Oc3ccc4nnc([C@@H]5CCCN5C)n4c3)c3ccccc32)cc1C. The number of nitrogens with two attached hydrogens (primary N) is 1. The molecule has 0 bridgehead atoms. The molecule has 0 radical (unpaired) electrons. The quantitative estimate of drug-likeness (QED) is 0.155. The highest BCUT2D eigenvalue weighted by atomic mass is 16.5. The van der Waals surface area contributed by atoms with Crippen LogP contribution in [-0.4, -0.2) is 45.0 Å². The maximum absolute atomic E-state index is 13.5. The summed E-state index contributed by atoms with van der Waals surface area (Å²) in [5.41, 5.74) is 12.7. The number of hydrogen-bond donors (Lipinski definition) is 3. The number of aromatic nitrogens is 3. The Kier molecular flexibility index (Phi) is 9.05. The summed E-state index contributed by atoms with van der Waals surface area (Å²) in [4.78, 5) is 20.6. The molecule has 0 unspecified atom stereocenters. The Morgan fingerprint density at radius 1 is 1.02 bits per heavy atom. The summed E-state index contributed by atoms with van der Waals surface area (Å²) in [6.07, 6.45) is 7.27. The van der Waals surface area contributed by atoms with E-state index in [0.717, 1.165) is 65.4 Å². The van der Waals surface area contributed by atoms with Gasteiger partial charge in [-0.05, 0) is 99.6 Å². The van der Waals surface area contributed by atoms with Crippen LogP contribution in [0, 0.1) is 19.3 Å². The number of hydrogen-bond acceptors (Lipinski definition) is 7. The molecule has 2 aliphatic rings. The predicted octanol–water partition coefficient (Wildman–Crippen LogP) is 6.99. The molecule has 2 amide bonds. The average Bonchev–Trinajstić information content (AvgIpc) is 3.64. The van der Waals surface area contributed by atoms with Gasteiger partial charge in [0.25, 0.3) is 0 Å². The number of carbonyl (C=O) groups is 1. The van der Waals surface area contributed by atoms with Gasteiger partial charge in [-0.2, -0.15) is 0 Å². The number of nitrogens with zero attached hydrogens (tertiary/aromatic N) is 5. The van der Waals surface area contributed by atoms with Gasteiger partial charge >= 0.3 is 6.03 Å². The number of rotatable bonds is 6. The number of aryl methyl sites for hydroxylation is 2. The first-order chi connectivity index (χ1) is 22.5. The van der Waals surface area contributed by atoms with E-state index in [1.54, 1.807) is 6.08 Å². The fraction of sp³-hybridized carbons (Fsp3) is 0.405. The maximum Gasteiger partial charge on any atom is 0.320 e. The molecule has 4 N–H and O–H groups in total. The Morgan fingerprint density at radius 3 is 2.53 bits per heavy atom. The van der Waals surface area contributed by atoms with Gasteiger partial charge in [0.1, 0.15) is 17.7 Å². The molecule has 6 rings (SSSR count). The van der Waals surface area contributed by atoms with E-state index < -0.39 is 0 Å². The smallest absolute Gasteiger partial charge is 0.320 e. The molecule has 0 spiro atoms. The van der Waals surface area contributed by atoms with Crippen molar-refractivity contribution in [2.75, 3.05) is 13.6 Å². The zero-order valence-corrected chi connectivity index (χ0v) is 28.2. The Labute approximate surface area is 277 Å². The zero-order valence-electron chi connectivity index (χ0n) is 28.2. The summed E-state index contributed by atoms with van der Waals surface area (Å²) in [7, 11) is 2.14. The number of amidine groups is 1. The van der Waals surface area contributed by atoms with Crippen molar-refractivity contribution in [2.45, 2.75) is 78.5 Å². The molecule has 1 saturated heterocycles.